The van der Waals surface area contributed by atoms with Gasteiger partial charge in [0.05, 0.1) is 6.54 Å². The third kappa shape index (κ3) is 3.45. The number of thiol groups is 1. The minimum absolute atomic E-state index is 0.0579. The van der Waals surface area contributed by atoms with Gasteiger partial charge in [-0.25, -0.2) is 0 Å². The molecule has 0 saturated heterocycles. The van der Waals surface area contributed by atoms with Crippen LogP contribution in [0.1, 0.15) is 18.1 Å². The van der Waals surface area contributed by atoms with Crippen LogP contribution in [0, 0.1) is 6.92 Å². The van der Waals surface area contributed by atoms with Crippen molar-refractivity contribution in [2.45, 2.75) is 19.9 Å². The van der Waals surface area contributed by atoms with E-state index in [0.29, 0.717) is 30.4 Å². The summed E-state index contributed by atoms with van der Waals surface area (Å²) >= 11 is 3.93. The largest absolute Gasteiger partial charge is 0.349 e. The van der Waals surface area contributed by atoms with Crippen molar-refractivity contribution in [1.29, 1.82) is 0 Å². The molecule has 0 fully saturated rings. The molecular formula is C7H11N3O2S. The molecule has 0 atom stereocenters. The number of rotatable bonds is 4. The van der Waals surface area contributed by atoms with Gasteiger partial charge in [0.2, 0.25) is 11.8 Å². The van der Waals surface area contributed by atoms with Gasteiger partial charge in [-0.2, -0.15) is 17.6 Å². The van der Waals surface area contributed by atoms with Crippen LogP contribution in [0.5, 0.6) is 0 Å². The summed E-state index contributed by atoms with van der Waals surface area (Å²) in [5.74, 6) is 1.47. The van der Waals surface area contributed by atoms with E-state index in [1.807, 2.05) is 0 Å². The highest BCUT2D eigenvalue weighted by Gasteiger charge is 2.03. The van der Waals surface area contributed by atoms with Crippen LogP contribution >= 0.6 is 12.6 Å². The highest BCUT2D eigenvalue weighted by molar-refractivity contribution is 7.80. The molecule has 0 radical (unpaired) electrons. The Hall–Kier alpha value is -1.04. The molecule has 1 amide bonds. The standard InChI is InChI=1S/C7H11N3O2S/c1-5-9-6(10-12-5)4-8-7(11)2-3-13/h13H,2-4H2,1H3,(H,8,11). The number of aryl methyl sites for hydroxylation is 1. The number of nitrogens with one attached hydrogen (secondary N) is 1. The van der Waals surface area contributed by atoms with Gasteiger partial charge in [-0.15, -0.1) is 0 Å². The fourth-order valence-corrected chi connectivity index (χ4v) is 0.984. The molecule has 72 valence electrons. The van der Waals surface area contributed by atoms with Gasteiger partial charge in [0.15, 0.2) is 5.82 Å². The van der Waals surface area contributed by atoms with Gasteiger partial charge in [-0.3, -0.25) is 4.79 Å². The Balaban J connectivity index is 2.30. The van der Waals surface area contributed by atoms with E-state index in [1.165, 1.54) is 0 Å². The predicted molar refractivity (Wildman–Crippen MR) is 49.4 cm³/mol. The number of nitrogens with zero attached hydrogens (tertiary/aromatic N) is 2. The van der Waals surface area contributed by atoms with Crippen LogP contribution in [0.15, 0.2) is 4.52 Å². The molecule has 6 heteroatoms. The normalized spacial score (nSPS) is 10.0. The first-order valence-corrected chi connectivity index (χ1v) is 4.52. The predicted octanol–water partition coefficient (Wildman–Crippen LogP) is 0.314. The lowest BCUT2D eigenvalue weighted by atomic mass is 10.4. The van der Waals surface area contributed by atoms with Crippen LogP contribution in [0.3, 0.4) is 0 Å². The third-order valence-corrected chi connectivity index (χ3v) is 1.58. The molecule has 1 N–H and O–H groups in total. The van der Waals surface area contributed by atoms with E-state index in [-0.39, 0.29) is 5.91 Å². The molecule has 0 unspecified atom stereocenters. The highest BCUT2D eigenvalue weighted by Crippen LogP contribution is 1.94. The Morgan fingerprint density at radius 1 is 1.69 bits per heavy atom. The zero-order chi connectivity index (χ0) is 9.68. The molecule has 0 bridgehead atoms. The first-order valence-electron chi connectivity index (χ1n) is 3.89. The Kier molecular flexibility index (Phi) is 3.75. The average molecular weight is 201 g/mol. The maximum atomic E-state index is 11.0. The Morgan fingerprint density at radius 3 is 3.00 bits per heavy atom. The van der Waals surface area contributed by atoms with Crippen LogP contribution in [-0.2, 0) is 11.3 Å². The quantitative estimate of drug-likeness (QED) is 0.688. The second kappa shape index (κ2) is 4.86. The topological polar surface area (TPSA) is 68.0 Å². The molecule has 0 aliphatic carbocycles. The van der Waals surface area contributed by atoms with Crippen molar-refractivity contribution >= 4 is 18.5 Å². The third-order valence-electron chi connectivity index (χ3n) is 1.35. The zero-order valence-corrected chi connectivity index (χ0v) is 8.17. The lowest BCUT2D eigenvalue weighted by molar-refractivity contribution is -0.120. The summed E-state index contributed by atoms with van der Waals surface area (Å²) < 4.78 is 4.73. The molecule has 0 aromatic carbocycles. The maximum Gasteiger partial charge on any atom is 0.223 e. The number of carbonyl (C=O) groups is 1. The van der Waals surface area contributed by atoms with Gasteiger partial charge in [0, 0.05) is 13.3 Å². The van der Waals surface area contributed by atoms with Crippen molar-refractivity contribution in [2.24, 2.45) is 0 Å². The van der Waals surface area contributed by atoms with Crippen LogP contribution in [0.4, 0.5) is 0 Å². The number of hydrogen-bond donors (Lipinski definition) is 2. The molecule has 13 heavy (non-hydrogen) atoms. The highest BCUT2D eigenvalue weighted by atomic mass is 32.1. The monoisotopic (exact) mass is 201 g/mol. The Bertz CT molecular complexity index is 287. The van der Waals surface area contributed by atoms with Gasteiger partial charge < -0.3 is 9.84 Å². The Morgan fingerprint density at radius 2 is 2.46 bits per heavy atom. The van der Waals surface area contributed by atoms with E-state index in [9.17, 15) is 4.79 Å². The van der Waals surface area contributed by atoms with E-state index in [1.54, 1.807) is 6.92 Å². The molecule has 1 rings (SSSR count). The molecule has 5 nitrogen and oxygen atoms in total. The fraction of sp³-hybridized carbons (Fsp3) is 0.571. The minimum atomic E-state index is -0.0579. The van der Waals surface area contributed by atoms with Crippen LogP contribution in [0.2, 0.25) is 0 Å². The van der Waals surface area contributed by atoms with Crippen molar-refractivity contribution in [1.82, 2.24) is 15.5 Å². The SMILES string of the molecule is Cc1nc(CNC(=O)CCS)no1. The first kappa shape index (κ1) is 10.0. The van der Waals surface area contributed by atoms with Crippen molar-refractivity contribution in [3.63, 3.8) is 0 Å². The summed E-state index contributed by atoms with van der Waals surface area (Å²) in [4.78, 5) is 14.9. The number of hydrogen-bond acceptors (Lipinski definition) is 5. The van der Waals surface area contributed by atoms with E-state index >= 15 is 0 Å². The van der Waals surface area contributed by atoms with Crippen LogP contribution < -0.4 is 5.32 Å². The Labute approximate surface area is 81.3 Å². The summed E-state index contributed by atoms with van der Waals surface area (Å²) in [6.45, 7) is 2.01. The second-order valence-corrected chi connectivity index (χ2v) is 2.93. The first-order chi connectivity index (χ1) is 6.22. The smallest absolute Gasteiger partial charge is 0.223 e. The molecule has 1 heterocycles. The lowest BCUT2D eigenvalue weighted by Gasteiger charge is -1.98. The maximum absolute atomic E-state index is 11.0. The van der Waals surface area contributed by atoms with Crippen molar-refractivity contribution < 1.29 is 9.32 Å². The van der Waals surface area contributed by atoms with Gasteiger partial charge >= 0.3 is 0 Å². The van der Waals surface area contributed by atoms with Gasteiger partial charge in [-0.1, -0.05) is 5.16 Å². The van der Waals surface area contributed by atoms with E-state index in [2.05, 4.69) is 28.1 Å². The van der Waals surface area contributed by atoms with Gasteiger partial charge in [0.1, 0.15) is 0 Å². The molecule has 1 aromatic heterocycles. The molecule has 0 aliphatic rings. The molecular weight excluding hydrogens is 190 g/mol. The lowest BCUT2D eigenvalue weighted by Crippen LogP contribution is -2.23. The second-order valence-electron chi connectivity index (χ2n) is 2.48. The summed E-state index contributed by atoms with van der Waals surface area (Å²) in [7, 11) is 0. The molecule has 1 aromatic rings. The van der Waals surface area contributed by atoms with E-state index in [0.717, 1.165) is 0 Å². The van der Waals surface area contributed by atoms with Crippen molar-refractivity contribution in [2.75, 3.05) is 5.75 Å². The van der Waals surface area contributed by atoms with Crippen LogP contribution in [-0.4, -0.2) is 21.8 Å². The zero-order valence-electron chi connectivity index (χ0n) is 7.28. The van der Waals surface area contributed by atoms with Crippen molar-refractivity contribution in [3.05, 3.63) is 11.7 Å². The summed E-state index contributed by atoms with van der Waals surface area (Å²) in [6.07, 6.45) is 0.403. The molecule has 0 saturated carbocycles. The number of aromatic nitrogens is 2. The number of carbonyl (C=O) groups excluding carboxylic acids is 1. The molecule has 0 spiro atoms. The average Bonchev–Trinajstić information content (AvgIpc) is 2.49. The van der Waals surface area contributed by atoms with Gasteiger partial charge in [0.25, 0.3) is 0 Å². The summed E-state index contributed by atoms with van der Waals surface area (Å²) in [5, 5.41) is 6.27. The van der Waals surface area contributed by atoms with E-state index < -0.39 is 0 Å². The summed E-state index contributed by atoms with van der Waals surface area (Å²) in [5.41, 5.74) is 0. The van der Waals surface area contributed by atoms with E-state index in [4.69, 9.17) is 4.52 Å². The van der Waals surface area contributed by atoms with Gasteiger partial charge in [-0.05, 0) is 5.75 Å². The fourth-order valence-electron chi connectivity index (χ4n) is 0.781. The van der Waals surface area contributed by atoms with Crippen molar-refractivity contribution in [3.8, 4) is 0 Å². The van der Waals surface area contributed by atoms with Crippen LogP contribution in [0.25, 0.3) is 0 Å². The molecule has 0 aliphatic heterocycles. The number of amides is 1. The minimum Gasteiger partial charge on any atom is -0.349 e. The summed E-state index contributed by atoms with van der Waals surface area (Å²) in [6, 6.07) is 0.